The fraction of sp³-hybridized carbons (Fsp3) is 0.543. The van der Waals surface area contributed by atoms with Crippen LogP contribution >= 0.6 is 0 Å². The molecule has 3 aromatic rings. The molecule has 0 saturated carbocycles. The Bertz CT molecular complexity index is 1990. The third kappa shape index (κ3) is 14.4. The van der Waals surface area contributed by atoms with E-state index < -0.39 is 47.6 Å². The number of hydrogen-bond donors (Lipinski definition) is 4. The van der Waals surface area contributed by atoms with Crippen LogP contribution in [-0.2, 0) is 30.5 Å². The molecule has 0 spiro atoms. The van der Waals surface area contributed by atoms with Crippen molar-refractivity contribution < 1.29 is 60.5 Å². The number of carbonyl (C=O) groups is 5. The average Bonchev–Trinajstić information content (AvgIpc) is 3.76. The number of nitrogens with two attached hydrogens (primary N) is 1. The van der Waals surface area contributed by atoms with Crippen LogP contribution in [0.4, 0.5) is 8.78 Å². The van der Waals surface area contributed by atoms with Crippen molar-refractivity contribution >= 4 is 44.8 Å². The molecule has 1 fully saturated rings. The third-order valence-corrected chi connectivity index (χ3v) is 14.3. The summed E-state index contributed by atoms with van der Waals surface area (Å²) >= 11 is 2.43. The van der Waals surface area contributed by atoms with Crippen molar-refractivity contribution in [3.05, 3.63) is 83.7 Å². The van der Waals surface area contributed by atoms with E-state index in [9.17, 15) is 33.5 Å². The number of aliphatic hydroxyl groups is 1. The molecule has 1 aromatic heterocycles. The van der Waals surface area contributed by atoms with Gasteiger partial charge >= 0.3 is 0 Å². The van der Waals surface area contributed by atoms with Crippen molar-refractivity contribution in [1.82, 2.24) is 25.0 Å². The topological polar surface area (TPSA) is 167 Å². The van der Waals surface area contributed by atoms with Gasteiger partial charge in [0, 0.05) is 74.5 Å². The largest absolute Gasteiger partial charge is 0.797 e. The first-order valence-corrected chi connectivity index (χ1v) is 24.4. The van der Waals surface area contributed by atoms with Crippen LogP contribution in [0, 0.1) is 23.0 Å². The van der Waals surface area contributed by atoms with Crippen LogP contribution in [0.2, 0.25) is 9.56 Å². The first kappa shape index (κ1) is 51.0. The summed E-state index contributed by atoms with van der Waals surface area (Å²) in [5.74, 6) is -2.86. The highest BCUT2D eigenvalue weighted by Crippen LogP contribution is 2.43. The lowest BCUT2D eigenvalue weighted by Gasteiger charge is -2.41. The molecule has 2 radical (unpaired) electrons. The summed E-state index contributed by atoms with van der Waals surface area (Å²) in [6.45, 7) is 10.3. The predicted octanol–water partition coefficient (Wildman–Crippen LogP) is 2.54. The Morgan fingerprint density at radius 2 is 1.69 bits per heavy atom. The van der Waals surface area contributed by atoms with Gasteiger partial charge in [0.1, 0.15) is 18.2 Å². The highest BCUT2D eigenvalue weighted by molar-refractivity contribution is 6.41. The Hall–Kier alpha value is -3.69. The molecule has 1 aliphatic heterocycles. The van der Waals surface area contributed by atoms with Gasteiger partial charge in [-0.15, -0.1) is 5.28 Å². The Labute approximate surface area is 385 Å². The van der Waals surface area contributed by atoms with Gasteiger partial charge in [0.15, 0.2) is 0 Å². The Morgan fingerprint density at radius 1 is 0.984 bits per heavy atom. The van der Waals surface area contributed by atoms with Crippen LogP contribution < -0.4 is 39.0 Å². The van der Waals surface area contributed by atoms with Gasteiger partial charge < -0.3 is 53.5 Å². The lowest BCUT2D eigenvalue weighted by Crippen LogP contribution is -3.35. The van der Waals surface area contributed by atoms with Gasteiger partial charge in [0.2, 0.25) is 44.8 Å². The van der Waals surface area contributed by atoms with Crippen LogP contribution in [0.3, 0.4) is 0 Å². The zero-order chi connectivity index (χ0) is 45.6. The van der Waals surface area contributed by atoms with Crippen molar-refractivity contribution in [2.75, 3.05) is 37.2 Å². The maximum Gasteiger partial charge on any atom is 0.248 e. The lowest BCUT2D eigenvalue weighted by molar-refractivity contribution is -0.367. The molecule has 0 bridgehead atoms. The summed E-state index contributed by atoms with van der Waals surface area (Å²) in [5, 5.41) is 16.8. The Kier molecular flexibility index (Phi) is 19.6. The third-order valence-electron chi connectivity index (χ3n) is 11.4. The minimum absolute atomic E-state index is 0.00518. The number of unbranched alkanes of at least 4 members (excludes halogenated alkanes) is 2. The van der Waals surface area contributed by atoms with Crippen LogP contribution in [0.5, 0.6) is 0 Å². The Balaban J connectivity index is 1.28. The molecule has 0 aliphatic carbocycles. The quantitative estimate of drug-likeness (QED) is 0.0352. The maximum atomic E-state index is 15.1. The van der Waals surface area contributed by atoms with E-state index in [1.807, 2.05) is 55.7 Å². The molecule has 2 heterocycles. The standard InChI is InChI=1S/C43H57F2N6O6.C3H6I.Al/c1-28(2)32-24-38(54)51(42(32)57)20-11-7-10-14-37(53)47-18-19-48-41(56)35(46)17-21-50(39(55)27-52)40(43(3,4)5)36-22-30(33-23-31(44)15-16-34(33)45)26-49(36)25-29-12-8-6-9-13-29;1-2-3-4;/h6,8-9,12-13,15-16,22-23,26,32,35,40,52H,7,10-11,14,17-21,24-25,27,46H2,1-5H3,(H,47,53)(H,48,56);1-3H2;/q;-1;/t32?,35-,40-;;/m0../s1. The number of rotatable bonds is 24. The number of carbonyl (C=O) groups excluding carboxylic acids is 5. The average molecular weight is 988 g/mol. The van der Waals surface area contributed by atoms with E-state index in [1.54, 1.807) is 12.3 Å². The van der Waals surface area contributed by atoms with E-state index in [0.29, 0.717) is 43.6 Å². The van der Waals surface area contributed by atoms with E-state index in [4.69, 9.17) is 5.73 Å². The van der Waals surface area contributed by atoms with Gasteiger partial charge in [-0.3, -0.25) is 28.9 Å². The fourth-order valence-corrected chi connectivity index (χ4v) is 11.0. The van der Waals surface area contributed by atoms with Gasteiger partial charge in [-0.25, -0.2) is 8.78 Å². The minimum Gasteiger partial charge on any atom is -0.797 e. The second-order valence-corrected chi connectivity index (χ2v) is 21.3. The minimum atomic E-state index is -1.02. The molecule has 12 nitrogen and oxygen atoms in total. The molecule has 5 amide bonds. The van der Waals surface area contributed by atoms with Crippen molar-refractivity contribution in [3.63, 3.8) is 0 Å². The molecular weight excluding hydrogens is 924 g/mol. The van der Waals surface area contributed by atoms with Crippen LogP contribution in [0.15, 0.2) is 60.8 Å². The molecule has 16 heteroatoms. The summed E-state index contributed by atoms with van der Waals surface area (Å²) < 4.78 is 32.3. The van der Waals surface area contributed by atoms with Gasteiger partial charge in [0.25, 0.3) is 0 Å². The van der Waals surface area contributed by atoms with Gasteiger partial charge in [-0.2, -0.15) is 4.43 Å². The summed E-state index contributed by atoms with van der Waals surface area (Å²) in [4.78, 5) is 67.8. The highest BCUT2D eigenvalue weighted by atomic mass is 127. The number of nitrogens with one attached hydrogen (secondary N) is 2. The van der Waals surface area contributed by atoms with Crippen molar-refractivity contribution in [2.24, 2.45) is 17.1 Å². The molecule has 1 saturated heterocycles. The van der Waals surface area contributed by atoms with Crippen LogP contribution in [-0.4, -0.2) is 107 Å². The van der Waals surface area contributed by atoms with Gasteiger partial charge in [-0.05, 0) is 54.5 Å². The van der Waals surface area contributed by atoms with Crippen LogP contribution in [0.1, 0.15) is 96.9 Å². The lowest BCUT2D eigenvalue weighted by atomic mass is 9.82. The number of nitrogens with zero attached hydrogens (tertiary/aromatic N) is 3. The summed E-state index contributed by atoms with van der Waals surface area (Å²) in [6, 6.07) is 12.9. The highest BCUT2D eigenvalue weighted by Gasteiger charge is 2.45. The number of imide groups is 1. The smallest absolute Gasteiger partial charge is 0.248 e. The number of likely N-dealkylation sites (tertiary alicyclic amines) is 1. The second kappa shape index (κ2) is 23.8. The molecular formula is C46H63AlF2IN6O6-. The van der Waals surface area contributed by atoms with Crippen molar-refractivity contribution in [2.45, 2.75) is 108 Å². The van der Waals surface area contributed by atoms with E-state index in [-0.39, 0.29) is 87.6 Å². The molecule has 4 rings (SSSR count). The molecule has 62 heavy (non-hydrogen) atoms. The zero-order valence-corrected chi connectivity index (χ0v) is 40.0. The molecule has 1 aliphatic rings. The summed E-state index contributed by atoms with van der Waals surface area (Å²) in [7, 11) is 0. The SMILES string of the molecule is C[C](C)([Al][CH2]CC[I-])C1CC(=O)N(CCCCCC(=O)NCCNC(=O)[C@@H](N)CCN(C(=O)CO)[C@@H](c2cc(-c3cc(F)ccc3F)cn2Cc2ccccc2)C(C)(C)C)C1=O. The van der Waals surface area contributed by atoms with E-state index in [2.05, 4.69) is 47.1 Å². The van der Waals surface area contributed by atoms with Crippen molar-refractivity contribution in [3.8, 4) is 11.1 Å². The molecule has 1 unspecified atom stereocenters. The predicted molar refractivity (Wildman–Crippen MR) is 232 cm³/mol. The van der Waals surface area contributed by atoms with E-state index in [1.165, 1.54) is 9.80 Å². The van der Waals surface area contributed by atoms with Crippen molar-refractivity contribution in [1.29, 1.82) is 0 Å². The van der Waals surface area contributed by atoms with E-state index >= 15 is 4.39 Å². The maximum absolute atomic E-state index is 15.1. The normalized spacial score (nSPS) is 15.4. The van der Waals surface area contributed by atoms with Gasteiger partial charge in [-0.1, -0.05) is 82.1 Å². The second-order valence-electron chi connectivity index (χ2n) is 17.7. The summed E-state index contributed by atoms with van der Waals surface area (Å²) in [6.07, 6.45) is 5.36. The molecule has 5 N–H and O–H groups in total. The number of alkyl halides is 1. The fourth-order valence-electron chi connectivity index (χ4n) is 8.04. The molecule has 2 aromatic carbocycles. The number of aliphatic hydroxyl groups excluding tert-OH is 1. The summed E-state index contributed by atoms with van der Waals surface area (Å²) in [5.41, 5.74) is 7.73. The monoisotopic (exact) mass is 987 g/mol. The number of halogens is 3. The first-order valence-electron chi connectivity index (χ1n) is 21.5. The van der Waals surface area contributed by atoms with Crippen LogP contribution in [0.25, 0.3) is 11.1 Å². The number of aromatic nitrogens is 1. The Morgan fingerprint density at radius 3 is 2.37 bits per heavy atom. The number of hydrogen-bond acceptors (Lipinski definition) is 7. The zero-order valence-electron chi connectivity index (χ0n) is 36.7. The first-order chi connectivity index (χ1) is 29.4. The van der Waals surface area contributed by atoms with E-state index in [0.717, 1.165) is 39.9 Å². The molecule has 3 atom stereocenters. The number of benzene rings is 2. The van der Waals surface area contributed by atoms with Gasteiger partial charge in [0.05, 0.1) is 12.1 Å². The number of amides is 5. The molecule has 338 valence electrons.